The Bertz CT molecular complexity index is 788. The maximum Gasteiger partial charge on any atom is 0.309 e. The van der Waals surface area contributed by atoms with Crippen LogP contribution < -0.4 is 0 Å². The summed E-state index contributed by atoms with van der Waals surface area (Å²) in [5.41, 5.74) is 0. The summed E-state index contributed by atoms with van der Waals surface area (Å²) in [6, 6.07) is 0. The molecule has 256 valence electrons. The zero-order valence-corrected chi connectivity index (χ0v) is 28.2. The van der Waals surface area contributed by atoms with Gasteiger partial charge in [0.2, 0.25) is 0 Å². The molecule has 0 aliphatic carbocycles. The minimum atomic E-state index is -0.399. The maximum absolute atomic E-state index is 11.9. The summed E-state index contributed by atoms with van der Waals surface area (Å²) in [7, 11) is 0. The van der Waals surface area contributed by atoms with Gasteiger partial charge in [0, 0.05) is 6.42 Å². The van der Waals surface area contributed by atoms with Gasteiger partial charge in [0.1, 0.15) is 11.9 Å². The van der Waals surface area contributed by atoms with E-state index in [0.29, 0.717) is 12.8 Å². The molecule has 0 aromatic carbocycles. The molecule has 2 N–H and O–H groups in total. The van der Waals surface area contributed by atoms with E-state index < -0.39 is 6.10 Å². The summed E-state index contributed by atoms with van der Waals surface area (Å²) in [5, 5.41) is 21.4. The first-order chi connectivity index (χ1) is 21.4. The van der Waals surface area contributed by atoms with Crippen LogP contribution in [0.3, 0.4) is 0 Å². The Balaban J connectivity index is 1.13. The highest BCUT2D eigenvalue weighted by molar-refractivity contribution is 5.83. The minimum Gasteiger partial charge on any atom is -0.462 e. The fraction of sp³-hybridized carbons (Fsp3) is 0.946. The van der Waals surface area contributed by atoms with Crippen LogP contribution in [-0.4, -0.2) is 64.7 Å². The average Bonchev–Trinajstić information content (AvgIpc) is 3.75. The highest BCUT2D eigenvalue weighted by Crippen LogP contribution is 2.35. The Morgan fingerprint density at radius 3 is 1.64 bits per heavy atom. The van der Waals surface area contributed by atoms with Gasteiger partial charge in [-0.25, -0.2) is 0 Å². The predicted molar refractivity (Wildman–Crippen MR) is 174 cm³/mol. The van der Waals surface area contributed by atoms with E-state index >= 15 is 0 Å². The van der Waals surface area contributed by atoms with Crippen LogP contribution in [0.15, 0.2) is 0 Å². The van der Waals surface area contributed by atoms with E-state index in [4.69, 9.17) is 14.2 Å². The van der Waals surface area contributed by atoms with Gasteiger partial charge in [0.05, 0.1) is 42.5 Å². The van der Waals surface area contributed by atoms with Gasteiger partial charge in [-0.3, -0.25) is 4.79 Å². The van der Waals surface area contributed by atoms with Crippen molar-refractivity contribution in [1.29, 1.82) is 0 Å². The normalized spacial score (nSPS) is 28.4. The maximum atomic E-state index is 11.9. The van der Waals surface area contributed by atoms with Crippen LogP contribution in [0.5, 0.6) is 0 Å². The molecule has 0 radical (unpaired) electrons. The van der Waals surface area contributed by atoms with Crippen molar-refractivity contribution in [2.75, 3.05) is 0 Å². The quantitative estimate of drug-likeness (QED) is 0.0782. The fourth-order valence-corrected chi connectivity index (χ4v) is 7.55. The lowest BCUT2D eigenvalue weighted by molar-refractivity contribution is -0.145. The molecule has 0 spiro atoms. The second-order valence-electron chi connectivity index (χ2n) is 14.3. The lowest BCUT2D eigenvalue weighted by atomic mass is 9.96. The fourth-order valence-electron chi connectivity index (χ4n) is 7.55. The van der Waals surface area contributed by atoms with Gasteiger partial charge in [0.25, 0.3) is 0 Å². The Morgan fingerprint density at radius 1 is 0.705 bits per heavy atom. The summed E-state index contributed by atoms with van der Waals surface area (Å²) in [4.78, 5) is 23.1. The Morgan fingerprint density at radius 2 is 1.16 bits per heavy atom. The van der Waals surface area contributed by atoms with Gasteiger partial charge in [-0.1, -0.05) is 103 Å². The zero-order chi connectivity index (χ0) is 31.6. The molecule has 0 saturated carbocycles. The van der Waals surface area contributed by atoms with Crippen LogP contribution in [0.2, 0.25) is 0 Å². The summed E-state index contributed by atoms with van der Waals surface area (Å²) in [6.45, 7) is 3.79. The molecule has 3 heterocycles. The molecular weight excluding hydrogens is 556 g/mol. The van der Waals surface area contributed by atoms with Crippen molar-refractivity contribution < 1.29 is 34.0 Å². The van der Waals surface area contributed by atoms with Crippen molar-refractivity contribution in [3.8, 4) is 0 Å². The molecule has 7 heteroatoms. The molecule has 44 heavy (non-hydrogen) atoms. The highest BCUT2D eigenvalue weighted by Gasteiger charge is 2.40. The zero-order valence-electron chi connectivity index (χ0n) is 28.2. The largest absolute Gasteiger partial charge is 0.462 e. The number of aliphatic hydroxyl groups excluding tert-OH is 2. The molecule has 0 bridgehead atoms. The summed E-state index contributed by atoms with van der Waals surface area (Å²) < 4.78 is 18.0. The molecule has 8 atom stereocenters. The number of carbonyl (C=O) groups excluding carboxylic acids is 2. The molecule has 3 aliphatic heterocycles. The predicted octanol–water partition coefficient (Wildman–Crippen LogP) is 8.15. The summed E-state index contributed by atoms with van der Waals surface area (Å²) in [5.74, 6) is -0.348. The third-order valence-corrected chi connectivity index (χ3v) is 10.3. The number of carbonyl (C=O) groups is 2. The van der Waals surface area contributed by atoms with Crippen molar-refractivity contribution in [3.63, 3.8) is 0 Å². The first-order valence-electron chi connectivity index (χ1n) is 18.7. The summed E-state index contributed by atoms with van der Waals surface area (Å²) >= 11 is 0. The van der Waals surface area contributed by atoms with E-state index in [0.717, 1.165) is 77.0 Å². The number of rotatable bonds is 25. The molecule has 0 aromatic rings. The molecule has 0 aromatic heterocycles. The second-order valence-corrected chi connectivity index (χ2v) is 14.3. The second kappa shape index (κ2) is 21.7. The summed E-state index contributed by atoms with van der Waals surface area (Å²) in [6.07, 6.45) is 26.0. The molecular formula is C37H66O7. The van der Waals surface area contributed by atoms with Crippen LogP contribution in [0, 0.1) is 5.92 Å². The van der Waals surface area contributed by atoms with E-state index in [-0.39, 0.29) is 54.3 Å². The number of aliphatic hydroxyl groups is 2. The van der Waals surface area contributed by atoms with Crippen molar-refractivity contribution in [2.45, 2.75) is 217 Å². The lowest BCUT2D eigenvalue weighted by Gasteiger charge is -2.24. The van der Waals surface area contributed by atoms with Crippen molar-refractivity contribution >= 4 is 11.8 Å². The molecule has 3 rings (SSSR count). The van der Waals surface area contributed by atoms with Crippen LogP contribution in [0.1, 0.15) is 174 Å². The van der Waals surface area contributed by atoms with E-state index in [1.807, 2.05) is 0 Å². The first kappa shape index (κ1) is 37.4. The van der Waals surface area contributed by atoms with Gasteiger partial charge in [-0.15, -0.1) is 0 Å². The van der Waals surface area contributed by atoms with Crippen LogP contribution in [0.4, 0.5) is 0 Å². The Labute approximate surface area is 268 Å². The van der Waals surface area contributed by atoms with Crippen molar-refractivity contribution in [3.05, 3.63) is 0 Å². The SMILES string of the molecule is CCCCCCCCCCC(O)C1CCC(C2CCC([C@H](O)CCCCCCCCCCC3CC(CC(C)=O)C(=O)O3)O2)O1. The number of ketones is 1. The van der Waals surface area contributed by atoms with E-state index in [1.165, 1.54) is 77.6 Å². The van der Waals surface area contributed by atoms with Crippen molar-refractivity contribution in [1.82, 2.24) is 0 Å². The average molecular weight is 623 g/mol. The van der Waals surface area contributed by atoms with Crippen LogP contribution in [0.25, 0.3) is 0 Å². The molecule has 0 amide bonds. The van der Waals surface area contributed by atoms with E-state index in [9.17, 15) is 19.8 Å². The standard InChI is InChI=1S/C37H66O7/c1-3-4-5-6-7-11-14-17-20-31(39)33-22-24-35(43-33)36-25-23-34(44-36)32(40)21-18-15-12-9-8-10-13-16-19-30-27-29(26-28(2)38)37(41)42-30/h29-36,39-40H,3-27H2,1-2H3/t29?,30?,31?,32-,33?,34?,35?,36?/m1/s1. The lowest BCUT2D eigenvalue weighted by Crippen LogP contribution is -2.33. The van der Waals surface area contributed by atoms with E-state index in [1.54, 1.807) is 0 Å². The number of hydrogen-bond donors (Lipinski definition) is 2. The third-order valence-electron chi connectivity index (χ3n) is 10.3. The van der Waals surface area contributed by atoms with Gasteiger partial charge in [-0.05, 0) is 64.7 Å². The Hall–Kier alpha value is -1.02. The van der Waals surface area contributed by atoms with Gasteiger partial charge in [-0.2, -0.15) is 0 Å². The number of hydrogen-bond acceptors (Lipinski definition) is 7. The molecule has 3 saturated heterocycles. The monoisotopic (exact) mass is 622 g/mol. The van der Waals surface area contributed by atoms with Crippen LogP contribution >= 0.6 is 0 Å². The smallest absolute Gasteiger partial charge is 0.309 e. The number of esters is 1. The van der Waals surface area contributed by atoms with Crippen molar-refractivity contribution in [2.24, 2.45) is 5.92 Å². The molecule has 3 fully saturated rings. The minimum absolute atomic E-state index is 0.00211. The number of unbranched alkanes of at least 4 members (excludes halogenated alkanes) is 14. The number of ether oxygens (including phenoxy) is 3. The van der Waals surface area contributed by atoms with Gasteiger partial charge < -0.3 is 29.2 Å². The topological polar surface area (TPSA) is 102 Å². The van der Waals surface area contributed by atoms with Gasteiger partial charge >= 0.3 is 5.97 Å². The molecule has 7 nitrogen and oxygen atoms in total. The third kappa shape index (κ3) is 14.2. The number of cyclic esters (lactones) is 1. The molecule has 3 aliphatic rings. The first-order valence-corrected chi connectivity index (χ1v) is 18.7. The number of Topliss-reactive ketones (excluding diaryl/α,β-unsaturated/α-hetero) is 1. The molecule has 7 unspecified atom stereocenters. The van der Waals surface area contributed by atoms with E-state index in [2.05, 4.69) is 6.92 Å². The van der Waals surface area contributed by atoms with Crippen LogP contribution in [-0.2, 0) is 23.8 Å². The Kier molecular flexibility index (Phi) is 18.5. The highest BCUT2D eigenvalue weighted by atomic mass is 16.6. The van der Waals surface area contributed by atoms with Gasteiger partial charge in [0.15, 0.2) is 0 Å².